The van der Waals surface area contributed by atoms with Gasteiger partial charge in [0.2, 0.25) is 0 Å². The van der Waals surface area contributed by atoms with E-state index in [1.54, 1.807) is 6.07 Å². The Kier molecular flexibility index (Phi) is 2.47. The van der Waals surface area contributed by atoms with Crippen LogP contribution >= 0.6 is 34.2 Å². The second-order valence-corrected chi connectivity index (χ2v) is 4.32. The van der Waals surface area contributed by atoms with Gasteiger partial charge in [-0.15, -0.1) is 0 Å². The molecule has 1 heterocycles. The standard InChI is InChI=1S/C9H6ClIO2/c10-5-1-2-6(11)9-8(5)7(12)3-4-13-9/h1-2H,3-4H2. The van der Waals surface area contributed by atoms with E-state index >= 15 is 0 Å². The SMILES string of the molecule is O=C1CCOc2c(I)ccc(Cl)c21. The number of carbonyl (C=O) groups is 1. The van der Waals surface area contributed by atoms with E-state index in [9.17, 15) is 4.79 Å². The molecule has 0 saturated carbocycles. The highest BCUT2D eigenvalue weighted by Gasteiger charge is 2.23. The number of rotatable bonds is 0. The van der Waals surface area contributed by atoms with Crippen LogP contribution in [0.25, 0.3) is 0 Å². The number of halogens is 2. The summed E-state index contributed by atoms with van der Waals surface area (Å²) in [4.78, 5) is 11.5. The van der Waals surface area contributed by atoms with Gasteiger partial charge in [-0.25, -0.2) is 0 Å². The first kappa shape index (κ1) is 9.27. The molecule has 0 N–H and O–H groups in total. The van der Waals surface area contributed by atoms with Crippen LogP contribution in [0.1, 0.15) is 16.8 Å². The van der Waals surface area contributed by atoms with E-state index in [4.69, 9.17) is 16.3 Å². The van der Waals surface area contributed by atoms with Crippen molar-refractivity contribution in [3.8, 4) is 5.75 Å². The molecule has 0 aromatic heterocycles. The molecule has 4 heteroatoms. The Morgan fingerprint density at radius 1 is 1.46 bits per heavy atom. The van der Waals surface area contributed by atoms with Gasteiger partial charge in [0.15, 0.2) is 5.78 Å². The lowest BCUT2D eigenvalue weighted by molar-refractivity contribution is 0.0933. The van der Waals surface area contributed by atoms with Crippen LogP contribution in [-0.4, -0.2) is 12.4 Å². The fourth-order valence-corrected chi connectivity index (χ4v) is 2.16. The van der Waals surface area contributed by atoms with Crippen molar-refractivity contribution in [1.82, 2.24) is 0 Å². The van der Waals surface area contributed by atoms with E-state index in [2.05, 4.69) is 22.6 Å². The summed E-state index contributed by atoms with van der Waals surface area (Å²) in [6.45, 7) is 0.460. The molecular formula is C9H6ClIO2. The van der Waals surface area contributed by atoms with Crippen LogP contribution in [0.3, 0.4) is 0 Å². The van der Waals surface area contributed by atoms with Crippen LogP contribution in [0, 0.1) is 3.57 Å². The molecule has 0 radical (unpaired) electrons. The van der Waals surface area contributed by atoms with Gasteiger partial charge in [0.05, 0.1) is 20.8 Å². The van der Waals surface area contributed by atoms with Crippen molar-refractivity contribution in [2.45, 2.75) is 6.42 Å². The highest BCUT2D eigenvalue weighted by Crippen LogP contribution is 2.34. The number of fused-ring (bicyclic) bond motifs is 1. The lowest BCUT2D eigenvalue weighted by atomic mass is 10.1. The number of ketones is 1. The molecule has 0 unspecified atom stereocenters. The predicted molar refractivity (Wildman–Crippen MR) is 58.6 cm³/mol. The quantitative estimate of drug-likeness (QED) is 0.689. The van der Waals surface area contributed by atoms with Gasteiger partial charge in [0.1, 0.15) is 5.75 Å². The maximum atomic E-state index is 11.5. The Labute approximate surface area is 94.4 Å². The third-order valence-electron chi connectivity index (χ3n) is 1.91. The number of ether oxygens (including phenoxy) is 1. The monoisotopic (exact) mass is 308 g/mol. The van der Waals surface area contributed by atoms with Gasteiger partial charge in [0, 0.05) is 6.42 Å². The van der Waals surface area contributed by atoms with Crippen molar-refractivity contribution in [2.24, 2.45) is 0 Å². The summed E-state index contributed by atoms with van der Waals surface area (Å²) in [7, 11) is 0. The first-order valence-electron chi connectivity index (χ1n) is 3.84. The largest absolute Gasteiger partial charge is 0.491 e. The summed E-state index contributed by atoms with van der Waals surface area (Å²) in [6, 6.07) is 3.58. The Morgan fingerprint density at radius 3 is 2.92 bits per heavy atom. The Balaban J connectivity index is 2.67. The molecule has 13 heavy (non-hydrogen) atoms. The van der Waals surface area contributed by atoms with E-state index in [1.165, 1.54) is 0 Å². The average Bonchev–Trinajstić information content (AvgIpc) is 2.12. The van der Waals surface area contributed by atoms with Crippen molar-refractivity contribution in [3.05, 3.63) is 26.3 Å². The third-order valence-corrected chi connectivity index (χ3v) is 3.08. The smallest absolute Gasteiger partial charge is 0.171 e. The Morgan fingerprint density at radius 2 is 2.23 bits per heavy atom. The Bertz CT molecular complexity index is 376. The number of hydrogen-bond acceptors (Lipinski definition) is 2. The molecule has 0 atom stereocenters. The minimum absolute atomic E-state index is 0.0739. The molecule has 0 saturated heterocycles. The van der Waals surface area contributed by atoms with Crippen LogP contribution in [0.4, 0.5) is 0 Å². The highest BCUT2D eigenvalue weighted by molar-refractivity contribution is 14.1. The fourth-order valence-electron chi connectivity index (χ4n) is 1.30. The molecule has 0 spiro atoms. The first-order chi connectivity index (χ1) is 6.20. The third kappa shape index (κ3) is 1.55. The molecular weight excluding hydrogens is 302 g/mol. The number of Topliss-reactive ketones (excluding diaryl/α,β-unsaturated/α-hetero) is 1. The zero-order valence-corrected chi connectivity index (χ0v) is 9.55. The Hall–Kier alpha value is -0.290. The maximum absolute atomic E-state index is 11.5. The first-order valence-corrected chi connectivity index (χ1v) is 5.30. The zero-order chi connectivity index (χ0) is 9.42. The highest BCUT2D eigenvalue weighted by atomic mass is 127. The van der Waals surface area contributed by atoms with Gasteiger partial charge in [-0.1, -0.05) is 11.6 Å². The molecule has 1 aliphatic heterocycles. The molecule has 2 nitrogen and oxygen atoms in total. The normalized spacial score (nSPS) is 15.1. The lowest BCUT2D eigenvalue weighted by Crippen LogP contribution is -2.16. The van der Waals surface area contributed by atoms with Crippen molar-refractivity contribution in [3.63, 3.8) is 0 Å². The van der Waals surface area contributed by atoms with Gasteiger partial charge in [-0.05, 0) is 34.7 Å². The van der Waals surface area contributed by atoms with Crippen LogP contribution in [0.15, 0.2) is 12.1 Å². The summed E-state index contributed by atoms with van der Waals surface area (Å²) in [5.74, 6) is 0.717. The van der Waals surface area contributed by atoms with Crippen LogP contribution in [-0.2, 0) is 0 Å². The van der Waals surface area contributed by atoms with E-state index < -0.39 is 0 Å². The number of hydrogen-bond donors (Lipinski definition) is 0. The van der Waals surface area contributed by atoms with Crippen molar-refractivity contribution >= 4 is 40.0 Å². The van der Waals surface area contributed by atoms with Gasteiger partial charge >= 0.3 is 0 Å². The van der Waals surface area contributed by atoms with Crippen LogP contribution < -0.4 is 4.74 Å². The summed E-state index contributed by atoms with van der Waals surface area (Å²) in [5, 5.41) is 0.486. The molecule has 0 bridgehead atoms. The minimum Gasteiger partial charge on any atom is -0.491 e. The van der Waals surface area contributed by atoms with E-state index in [-0.39, 0.29) is 5.78 Å². The van der Waals surface area contributed by atoms with Gasteiger partial charge < -0.3 is 4.74 Å². The molecule has 0 amide bonds. The van der Waals surface area contributed by atoms with Gasteiger partial charge in [0.25, 0.3) is 0 Å². The average molecular weight is 309 g/mol. The van der Waals surface area contributed by atoms with E-state index in [0.29, 0.717) is 29.4 Å². The van der Waals surface area contributed by atoms with Crippen LogP contribution in [0.5, 0.6) is 5.75 Å². The second-order valence-electron chi connectivity index (χ2n) is 2.75. The molecule has 1 aliphatic rings. The fraction of sp³-hybridized carbons (Fsp3) is 0.222. The van der Waals surface area contributed by atoms with E-state index in [0.717, 1.165) is 3.57 Å². The molecule has 68 valence electrons. The van der Waals surface area contributed by atoms with Crippen molar-refractivity contribution in [1.29, 1.82) is 0 Å². The minimum atomic E-state index is 0.0739. The van der Waals surface area contributed by atoms with Crippen molar-refractivity contribution < 1.29 is 9.53 Å². The van der Waals surface area contributed by atoms with E-state index in [1.807, 2.05) is 6.07 Å². The number of carbonyl (C=O) groups excluding carboxylic acids is 1. The molecule has 1 aromatic carbocycles. The summed E-state index contributed by atoms with van der Waals surface area (Å²) < 4.78 is 6.33. The molecule has 0 fully saturated rings. The van der Waals surface area contributed by atoms with Crippen LogP contribution in [0.2, 0.25) is 5.02 Å². The molecule has 2 rings (SSSR count). The zero-order valence-electron chi connectivity index (χ0n) is 6.64. The molecule has 1 aromatic rings. The second kappa shape index (κ2) is 3.46. The summed E-state index contributed by atoms with van der Waals surface area (Å²) >= 11 is 8.04. The lowest BCUT2D eigenvalue weighted by Gasteiger charge is -2.18. The number of benzene rings is 1. The summed E-state index contributed by atoms with van der Waals surface area (Å²) in [5.41, 5.74) is 0.541. The van der Waals surface area contributed by atoms with Gasteiger partial charge in [-0.3, -0.25) is 4.79 Å². The molecule has 0 aliphatic carbocycles. The van der Waals surface area contributed by atoms with Gasteiger partial charge in [-0.2, -0.15) is 0 Å². The summed E-state index contributed by atoms with van der Waals surface area (Å²) in [6.07, 6.45) is 0.423. The maximum Gasteiger partial charge on any atom is 0.171 e. The predicted octanol–water partition coefficient (Wildman–Crippen LogP) is 2.91. The topological polar surface area (TPSA) is 26.3 Å². The van der Waals surface area contributed by atoms with Crippen molar-refractivity contribution in [2.75, 3.05) is 6.61 Å².